The van der Waals surface area contributed by atoms with Crippen LogP contribution in [-0.2, 0) is 11.2 Å². The molecule has 2 heteroatoms. The summed E-state index contributed by atoms with van der Waals surface area (Å²) in [7, 11) is 1.69. The molecule has 0 heterocycles. The van der Waals surface area contributed by atoms with Gasteiger partial charge in [-0.25, -0.2) is 0 Å². The number of hydrogen-bond donors (Lipinski definition) is 0. The topological polar surface area (TPSA) is 26.3 Å². The van der Waals surface area contributed by atoms with E-state index in [1.807, 2.05) is 25.1 Å². The summed E-state index contributed by atoms with van der Waals surface area (Å²) in [6.07, 6.45) is 3.22. The Morgan fingerprint density at radius 3 is 2.71 bits per heavy atom. The minimum atomic E-state index is 0.370. The maximum Gasteiger partial charge on any atom is 0.133 e. The van der Waals surface area contributed by atoms with E-state index in [4.69, 9.17) is 4.74 Å². The number of carbonyl (C=O) groups excluding carboxylic acids is 1. The van der Waals surface area contributed by atoms with Crippen molar-refractivity contribution < 1.29 is 9.53 Å². The summed E-state index contributed by atoms with van der Waals surface area (Å²) >= 11 is 0. The lowest BCUT2D eigenvalue weighted by atomic mass is 9.94. The second kappa shape index (κ2) is 7.10. The van der Waals surface area contributed by atoms with E-state index in [9.17, 15) is 4.79 Å². The van der Waals surface area contributed by atoms with E-state index in [1.165, 1.54) is 5.56 Å². The maximum absolute atomic E-state index is 11.6. The van der Waals surface area contributed by atoms with Crippen molar-refractivity contribution in [2.75, 3.05) is 7.11 Å². The minimum Gasteiger partial charge on any atom is -0.496 e. The van der Waals surface area contributed by atoms with Crippen LogP contribution in [0.3, 0.4) is 0 Å². The fraction of sp³-hybridized carbons (Fsp3) is 0.533. The number of hydrogen-bond acceptors (Lipinski definition) is 2. The van der Waals surface area contributed by atoms with Gasteiger partial charge >= 0.3 is 0 Å². The second-order valence-electron chi connectivity index (χ2n) is 4.61. The van der Waals surface area contributed by atoms with Gasteiger partial charge in [-0.05, 0) is 30.4 Å². The molecular weight excluding hydrogens is 212 g/mol. The zero-order valence-corrected chi connectivity index (χ0v) is 11.0. The fourth-order valence-corrected chi connectivity index (χ4v) is 2.09. The number of ketones is 1. The Morgan fingerprint density at radius 2 is 2.06 bits per heavy atom. The number of methoxy groups -OCH3 is 1. The first-order chi connectivity index (χ1) is 8.17. The van der Waals surface area contributed by atoms with Gasteiger partial charge in [-0.3, -0.25) is 4.79 Å². The molecule has 0 radical (unpaired) electrons. The van der Waals surface area contributed by atoms with E-state index >= 15 is 0 Å². The molecule has 0 amide bonds. The number of Topliss-reactive ketones (excluding diaryl/α,β-unsaturated/α-hetero) is 1. The van der Waals surface area contributed by atoms with Crippen LogP contribution in [0.2, 0.25) is 0 Å². The van der Waals surface area contributed by atoms with Crippen molar-refractivity contribution in [2.24, 2.45) is 5.92 Å². The van der Waals surface area contributed by atoms with Crippen molar-refractivity contribution in [1.82, 2.24) is 0 Å². The van der Waals surface area contributed by atoms with E-state index in [2.05, 4.69) is 13.0 Å². The number of benzene rings is 1. The highest BCUT2D eigenvalue weighted by Crippen LogP contribution is 2.22. The van der Waals surface area contributed by atoms with Gasteiger partial charge < -0.3 is 4.74 Å². The van der Waals surface area contributed by atoms with Gasteiger partial charge in [-0.15, -0.1) is 0 Å². The summed E-state index contributed by atoms with van der Waals surface area (Å²) in [5.41, 5.74) is 1.19. The molecule has 0 aromatic heterocycles. The quantitative estimate of drug-likeness (QED) is 0.720. The molecule has 17 heavy (non-hydrogen) atoms. The van der Waals surface area contributed by atoms with Crippen LogP contribution >= 0.6 is 0 Å². The molecule has 1 rings (SSSR count). The fourth-order valence-electron chi connectivity index (χ4n) is 2.09. The van der Waals surface area contributed by atoms with E-state index in [1.54, 1.807) is 7.11 Å². The monoisotopic (exact) mass is 234 g/mol. The predicted octanol–water partition coefficient (Wildman–Crippen LogP) is 3.63. The van der Waals surface area contributed by atoms with E-state index in [-0.39, 0.29) is 0 Å². The summed E-state index contributed by atoms with van der Waals surface area (Å²) < 4.78 is 5.31. The molecule has 0 N–H and O–H groups in total. The van der Waals surface area contributed by atoms with Crippen LogP contribution in [0, 0.1) is 5.92 Å². The second-order valence-corrected chi connectivity index (χ2v) is 4.61. The van der Waals surface area contributed by atoms with Crippen LogP contribution in [0.4, 0.5) is 0 Å². The Balaban J connectivity index is 2.55. The molecule has 1 aromatic rings. The molecule has 2 nitrogen and oxygen atoms in total. The van der Waals surface area contributed by atoms with Gasteiger partial charge in [0.2, 0.25) is 0 Å². The predicted molar refractivity (Wildman–Crippen MR) is 70.4 cm³/mol. The lowest BCUT2D eigenvalue weighted by Crippen LogP contribution is -2.08. The molecule has 94 valence electrons. The molecule has 0 spiro atoms. The van der Waals surface area contributed by atoms with Crippen LogP contribution in [-0.4, -0.2) is 12.9 Å². The number of para-hydroxylation sites is 1. The summed E-state index contributed by atoms with van der Waals surface area (Å²) in [6, 6.07) is 8.02. The van der Waals surface area contributed by atoms with Gasteiger partial charge in [0.1, 0.15) is 11.5 Å². The summed E-state index contributed by atoms with van der Waals surface area (Å²) in [5.74, 6) is 1.67. The first kappa shape index (κ1) is 13.8. The molecule has 0 saturated carbocycles. The molecule has 0 fully saturated rings. The molecule has 0 bridgehead atoms. The maximum atomic E-state index is 11.6. The molecule has 0 aliphatic heterocycles. The standard InChI is InChI=1S/C15H22O2/c1-4-7-14(16)11-12(2)10-13-8-5-6-9-15(13)17-3/h5-6,8-9,12H,4,7,10-11H2,1-3H3. The van der Waals surface area contributed by atoms with Crippen molar-refractivity contribution >= 4 is 5.78 Å². The Hall–Kier alpha value is -1.31. The van der Waals surface area contributed by atoms with Crippen LogP contribution in [0.1, 0.15) is 38.7 Å². The van der Waals surface area contributed by atoms with Crippen LogP contribution in [0.5, 0.6) is 5.75 Å². The highest BCUT2D eigenvalue weighted by atomic mass is 16.5. The van der Waals surface area contributed by atoms with Gasteiger partial charge in [0.05, 0.1) is 7.11 Å². The van der Waals surface area contributed by atoms with Crippen molar-refractivity contribution in [3.8, 4) is 5.75 Å². The van der Waals surface area contributed by atoms with Crippen LogP contribution in [0.15, 0.2) is 24.3 Å². The molecule has 0 saturated heterocycles. The van der Waals surface area contributed by atoms with Crippen LogP contribution < -0.4 is 4.74 Å². The normalized spacial score (nSPS) is 12.2. The summed E-state index contributed by atoms with van der Waals surface area (Å²) in [6.45, 7) is 4.17. The average molecular weight is 234 g/mol. The van der Waals surface area contributed by atoms with Gasteiger partial charge in [0, 0.05) is 12.8 Å². The average Bonchev–Trinajstić information content (AvgIpc) is 2.29. The minimum absolute atomic E-state index is 0.370. The smallest absolute Gasteiger partial charge is 0.133 e. The Kier molecular flexibility index (Phi) is 5.75. The Labute approximate surface area is 104 Å². The molecular formula is C15H22O2. The van der Waals surface area contributed by atoms with Crippen molar-refractivity contribution in [3.05, 3.63) is 29.8 Å². The van der Waals surface area contributed by atoms with E-state index < -0.39 is 0 Å². The van der Waals surface area contributed by atoms with Crippen molar-refractivity contribution in [3.63, 3.8) is 0 Å². The third-order valence-corrected chi connectivity index (χ3v) is 2.87. The lowest BCUT2D eigenvalue weighted by molar-refractivity contribution is -0.119. The van der Waals surface area contributed by atoms with Crippen LogP contribution in [0.25, 0.3) is 0 Å². The van der Waals surface area contributed by atoms with Gasteiger partial charge in [0.15, 0.2) is 0 Å². The first-order valence-electron chi connectivity index (χ1n) is 6.31. The molecule has 1 unspecified atom stereocenters. The van der Waals surface area contributed by atoms with E-state index in [0.29, 0.717) is 24.5 Å². The van der Waals surface area contributed by atoms with Gasteiger partial charge in [0.25, 0.3) is 0 Å². The van der Waals surface area contributed by atoms with Gasteiger partial charge in [-0.1, -0.05) is 32.0 Å². The highest BCUT2D eigenvalue weighted by Gasteiger charge is 2.11. The number of carbonyl (C=O) groups is 1. The van der Waals surface area contributed by atoms with Gasteiger partial charge in [-0.2, -0.15) is 0 Å². The molecule has 0 aliphatic carbocycles. The van der Waals surface area contributed by atoms with Crippen molar-refractivity contribution in [2.45, 2.75) is 39.5 Å². The van der Waals surface area contributed by atoms with Crippen molar-refractivity contribution in [1.29, 1.82) is 0 Å². The number of ether oxygens (including phenoxy) is 1. The third kappa shape index (κ3) is 4.59. The molecule has 1 aromatic carbocycles. The SMILES string of the molecule is CCCC(=O)CC(C)Cc1ccccc1OC. The number of rotatable bonds is 7. The molecule has 1 atom stereocenters. The third-order valence-electron chi connectivity index (χ3n) is 2.87. The first-order valence-corrected chi connectivity index (χ1v) is 6.31. The highest BCUT2D eigenvalue weighted by molar-refractivity contribution is 5.78. The zero-order valence-electron chi connectivity index (χ0n) is 11.0. The lowest BCUT2D eigenvalue weighted by Gasteiger charge is -2.13. The summed E-state index contributed by atoms with van der Waals surface area (Å²) in [5, 5.41) is 0. The zero-order chi connectivity index (χ0) is 12.7. The van der Waals surface area contributed by atoms with E-state index in [0.717, 1.165) is 18.6 Å². The Morgan fingerprint density at radius 1 is 1.35 bits per heavy atom. The summed E-state index contributed by atoms with van der Waals surface area (Å²) in [4.78, 5) is 11.6. The largest absolute Gasteiger partial charge is 0.496 e. The molecule has 0 aliphatic rings. The Bertz CT molecular complexity index is 358.